The second kappa shape index (κ2) is 6.72. The van der Waals surface area contributed by atoms with Crippen molar-refractivity contribution in [2.24, 2.45) is 0 Å². The Labute approximate surface area is 155 Å². The van der Waals surface area contributed by atoms with E-state index >= 15 is 0 Å². The zero-order valence-corrected chi connectivity index (χ0v) is 14.8. The van der Waals surface area contributed by atoms with Crippen LogP contribution < -0.4 is 4.90 Å². The van der Waals surface area contributed by atoms with Gasteiger partial charge in [0.1, 0.15) is 11.3 Å². The molecule has 6 nitrogen and oxygen atoms in total. The van der Waals surface area contributed by atoms with E-state index in [1.807, 2.05) is 17.9 Å². The molecular weight excluding hydrogens is 347 g/mol. The van der Waals surface area contributed by atoms with Gasteiger partial charge in [0.2, 0.25) is 0 Å². The number of furan rings is 1. The summed E-state index contributed by atoms with van der Waals surface area (Å²) in [5.41, 5.74) is 3.38. The fraction of sp³-hybridized carbons (Fsp3) is 0.250. The minimum absolute atomic E-state index is 0.0999. The molecule has 136 valence electrons. The van der Waals surface area contributed by atoms with E-state index in [9.17, 15) is 9.18 Å². The van der Waals surface area contributed by atoms with Crippen molar-refractivity contribution < 1.29 is 13.6 Å². The van der Waals surface area contributed by atoms with Crippen molar-refractivity contribution in [2.75, 3.05) is 31.1 Å². The molecule has 1 amide bonds. The summed E-state index contributed by atoms with van der Waals surface area (Å²) in [4.78, 5) is 21.1. The topological polar surface area (TPSA) is 73.4 Å². The van der Waals surface area contributed by atoms with E-state index in [1.54, 1.807) is 23.1 Å². The minimum Gasteiger partial charge on any atom is -0.462 e. The molecule has 3 heterocycles. The number of benzene rings is 1. The molecule has 1 saturated heterocycles. The molecule has 0 atom stereocenters. The predicted octanol–water partition coefficient (Wildman–Crippen LogP) is 3.11. The number of pyridine rings is 1. The first-order chi connectivity index (χ1) is 13.0. The highest BCUT2D eigenvalue weighted by molar-refractivity contribution is 6.04. The van der Waals surface area contributed by atoms with Crippen LogP contribution in [0.1, 0.15) is 21.6 Å². The summed E-state index contributed by atoms with van der Waals surface area (Å²) in [6.45, 7) is 3.97. The van der Waals surface area contributed by atoms with Crippen LogP contribution in [0.5, 0.6) is 0 Å². The summed E-state index contributed by atoms with van der Waals surface area (Å²) in [5, 5.41) is 9.01. The van der Waals surface area contributed by atoms with E-state index in [4.69, 9.17) is 9.68 Å². The Kier molecular flexibility index (Phi) is 4.24. The Morgan fingerprint density at radius 2 is 2.00 bits per heavy atom. The van der Waals surface area contributed by atoms with Gasteiger partial charge in [-0.3, -0.25) is 4.79 Å². The van der Waals surface area contributed by atoms with Gasteiger partial charge in [-0.05, 0) is 31.2 Å². The Morgan fingerprint density at radius 3 is 2.74 bits per heavy atom. The summed E-state index contributed by atoms with van der Waals surface area (Å²) in [5.74, 6) is -0.535. The normalized spacial score (nSPS) is 14.4. The highest BCUT2D eigenvalue weighted by Crippen LogP contribution is 2.23. The minimum atomic E-state index is -0.435. The van der Waals surface area contributed by atoms with Crippen LogP contribution in [-0.4, -0.2) is 42.0 Å². The lowest BCUT2D eigenvalue weighted by Crippen LogP contribution is -2.48. The molecule has 0 bridgehead atoms. The summed E-state index contributed by atoms with van der Waals surface area (Å²) in [6, 6.07) is 9.75. The number of amides is 1. The molecule has 1 aliphatic rings. The number of rotatable bonds is 2. The molecule has 1 aromatic carbocycles. The molecule has 0 aliphatic carbocycles. The predicted molar refractivity (Wildman–Crippen MR) is 98.0 cm³/mol. The maximum absolute atomic E-state index is 13.7. The van der Waals surface area contributed by atoms with Crippen molar-refractivity contribution >= 4 is 22.7 Å². The van der Waals surface area contributed by atoms with Crippen molar-refractivity contribution in [3.05, 3.63) is 59.2 Å². The Hall–Kier alpha value is -3.40. The number of fused-ring (bicyclic) bond motifs is 1. The van der Waals surface area contributed by atoms with Gasteiger partial charge in [0.05, 0.1) is 23.5 Å². The van der Waals surface area contributed by atoms with Crippen molar-refractivity contribution in [3.63, 3.8) is 0 Å². The summed E-state index contributed by atoms with van der Waals surface area (Å²) in [6.07, 6.45) is 1.53. The smallest absolute Gasteiger partial charge is 0.257 e. The molecule has 7 heteroatoms. The van der Waals surface area contributed by atoms with Gasteiger partial charge >= 0.3 is 0 Å². The van der Waals surface area contributed by atoms with Crippen LogP contribution in [0.2, 0.25) is 0 Å². The Balaban J connectivity index is 1.52. The number of piperazine rings is 1. The highest BCUT2D eigenvalue weighted by Gasteiger charge is 2.25. The first-order valence-electron chi connectivity index (χ1n) is 8.65. The lowest BCUT2D eigenvalue weighted by atomic mass is 10.1. The van der Waals surface area contributed by atoms with Crippen molar-refractivity contribution in [1.82, 2.24) is 9.88 Å². The molecule has 1 fully saturated rings. The quantitative estimate of drug-likeness (QED) is 0.699. The van der Waals surface area contributed by atoms with Crippen LogP contribution in [-0.2, 0) is 0 Å². The van der Waals surface area contributed by atoms with Crippen LogP contribution in [0.25, 0.3) is 11.1 Å². The number of carbonyl (C=O) groups excluding carboxylic acids is 1. The highest BCUT2D eigenvalue weighted by atomic mass is 19.1. The zero-order valence-electron chi connectivity index (χ0n) is 14.8. The fourth-order valence-corrected chi connectivity index (χ4v) is 3.41. The molecule has 0 radical (unpaired) electrons. The van der Waals surface area contributed by atoms with Crippen molar-refractivity contribution in [3.8, 4) is 6.07 Å². The van der Waals surface area contributed by atoms with E-state index in [2.05, 4.69) is 4.98 Å². The van der Waals surface area contributed by atoms with Gasteiger partial charge in [-0.2, -0.15) is 5.26 Å². The van der Waals surface area contributed by atoms with Crippen LogP contribution in [0.4, 0.5) is 10.1 Å². The van der Waals surface area contributed by atoms with Gasteiger partial charge in [-0.15, -0.1) is 0 Å². The van der Waals surface area contributed by atoms with Crippen LogP contribution >= 0.6 is 0 Å². The molecule has 1 aliphatic heterocycles. The largest absolute Gasteiger partial charge is 0.462 e. The Morgan fingerprint density at radius 1 is 1.22 bits per heavy atom. The molecule has 3 aromatic rings. The molecule has 0 spiro atoms. The van der Waals surface area contributed by atoms with E-state index < -0.39 is 5.82 Å². The Bertz CT molecular complexity index is 1060. The number of aromatic nitrogens is 1. The van der Waals surface area contributed by atoms with Crippen LogP contribution in [0.15, 0.2) is 41.0 Å². The maximum Gasteiger partial charge on any atom is 0.257 e. The number of nitriles is 1. The third-order valence-corrected chi connectivity index (χ3v) is 4.71. The average Bonchev–Trinajstić information content (AvgIpc) is 3.14. The van der Waals surface area contributed by atoms with Crippen LogP contribution in [0, 0.1) is 24.1 Å². The SMILES string of the molecule is Cc1cc(C(=O)N2CCN(c3cc(F)cc(C#N)c3)CC2)c2occc2n1. The number of hydrogen-bond donors (Lipinski definition) is 0. The molecule has 27 heavy (non-hydrogen) atoms. The number of anilines is 1. The van der Waals surface area contributed by atoms with Gasteiger partial charge in [-0.1, -0.05) is 0 Å². The zero-order chi connectivity index (χ0) is 19.0. The fourth-order valence-electron chi connectivity index (χ4n) is 3.41. The number of aryl methyl sites for hydroxylation is 1. The first kappa shape index (κ1) is 17.0. The second-order valence-electron chi connectivity index (χ2n) is 6.54. The van der Waals surface area contributed by atoms with Gasteiger partial charge in [0.25, 0.3) is 5.91 Å². The second-order valence-corrected chi connectivity index (χ2v) is 6.54. The standard InChI is InChI=1S/C20H17FN4O2/c1-13-8-17(19-18(23-13)2-7-27-19)20(26)25-5-3-24(4-6-25)16-10-14(12-22)9-15(21)11-16/h2,7-11H,3-6H2,1H3. The molecule has 0 unspecified atom stereocenters. The van der Waals surface area contributed by atoms with Crippen LogP contribution in [0.3, 0.4) is 0 Å². The molecule has 0 N–H and O–H groups in total. The van der Waals surface area contributed by atoms with Crippen molar-refractivity contribution in [2.45, 2.75) is 6.92 Å². The van der Waals surface area contributed by atoms with E-state index in [-0.39, 0.29) is 11.5 Å². The molecule has 2 aromatic heterocycles. The average molecular weight is 364 g/mol. The number of hydrogen-bond acceptors (Lipinski definition) is 5. The summed E-state index contributed by atoms with van der Waals surface area (Å²) in [7, 11) is 0. The van der Waals surface area contributed by atoms with Gasteiger partial charge in [-0.25, -0.2) is 9.37 Å². The van der Waals surface area contributed by atoms with Gasteiger partial charge in [0, 0.05) is 43.6 Å². The number of carbonyl (C=O) groups is 1. The first-order valence-corrected chi connectivity index (χ1v) is 8.65. The molecular formula is C20H17FN4O2. The number of nitrogens with zero attached hydrogens (tertiary/aromatic N) is 4. The van der Waals surface area contributed by atoms with Gasteiger partial charge < -0.3 is 14.2 Å². The molecule has 0 saturated carbocycles. The van der Waals surface area contributed by atoms with Gasteiger partial charge in [0.15, 0.2) is 5.58 Å². The lowest BCUT2D eigenvalue weighted by Gasteiger charge is -2.36. The third-order valence-electron chi connectivity index (χ3n) is 4.71. The van der Waals surface area contributed by atoms with Crippen molar-refractivity contribution in [1.29, 1.82) is 5.26 Å². The number of halogens is 1. The van der Waals surface area contributed by atoms with E-state index in [0.29, 0.717) is 48.5 Å². The summed E-state index contributed by atoms with van der Waals surface area (Å²) < 4.78 is 19.1. The van der Waals surface area contributed by atoms with E-state index in [1.165, 1.54) is 18.4 Å². The molecule has 4 rings (SSSR count). The van der Waals surface area contributed by atoms with E-state index in [0.717, 1.165) is 5.69 Å². The summed E-state index contributed by atoms with van der Waals surface area (Å²) >= 11 is 0. The third kappa shape index (κ3) is 3.22. The monoisotopic (exact) mass is 364 g/mol. The lowest BCUT2D eigenvalue weighted by molar-refractivity contribution is 0.0747. The maximum atomic E-state index is 13.7.